The first-order valence-corrected chi connectivity index (χ1v) is 6.14. The fraction of sp³-hybridized carbons (Fsp3) is 0.133. The molecule has 2 N–H and O–H groups in total. The molecule has 0 aliphatic rings. The number of nitrogens with one attached hydrogen (secondary N) is 2. The van der Waals surface area contributed by atoms with Crippen LogP contribution in [-0.2, 0) is 11.3 Å². The second-order valence-electron chi connectivity index (χ2n) is 4.27. The van der Waals surface area contributed by atoms with E-state index in [0.717, 1.165) is 5.56 Å². The van der Waals surface area contributed by atoms with Gasteiger partial charge in [0.2, 0.25) is 5.91 Å². The second-order valence-corrected chi connectivity index (χ2v) is 4.27. The van der Waals surface area contributed by atoms with Crippen LogP contribution in [0.15, 0.2) is 48.5 Å². The highest BCUT2D eigenvalue weighted by Gasteiger charge is 2.02. The van der Waals surface area contributed by atoms with E-state index >= 15 is 0 Å². The number of amides is 1. The van der Waals surface area contributed by atoms with Crippen LogP contribution >= 0.6 is 0 Å². The van der Waals surface area contributed by atoms with Crippen LogP contribution < -0.4 is 10.6 Å². The molecule has 2 aromatic rings. The summed E-state index contributed by atoms with van der Waals surface area (Å²) in [5, 5.41) is 5.50. The maximum absolute atomic E-state index is 12.9. The summed E-state index contributed by atoms with van der Waals surface area (Å²) in [4.78, 5) is 11.6. The maximum Gasteiger partial charge on any atom is 0.239 e. The van der Waals surface area contributed by atoms with Crippen molar-refractivity contribution < 1.29 is 13.6 Å². The third kappa shape index (κ3) is 4.35. The fourth-order valence-electron chi connectivity index (χ4n) is 1.65. The minimum atomic E-state index is -0.360. The summed E-state index contributed by atoms with van der Waals surface area (Å²) < 4.78 is 25.6. The largest absolute Gasteiger partial charge is 0.376 e. The van der Waals surface area contributed by atoms with E-state index in [0.29, 0.717) is 12.2 Å². The summed E-state index contributed by atoms with van der Waals surface area (Å²) in [6, 6.07) is 11.8. The Morgan fingerprint density at radius 1 is 1.00 bits per heavy atom. The Bertz CT molecular complexity index is 585. The number of rotatable bonds is 5. The lowest BCUT2D eigenvalue weighted by Crippen LogP contribution is -2.29. The van der Waals surface area contributed by atoms with Gasteiger partial charge < -0.3 is 10.6 Å². The van der Waals surface area contributed by atoms with Crippen LogP contribution in [0.4, 0.5) is 14.5 Å². The van der Waals surface area contributed by atoms with Crippen molar-refractivity contribution in [2.24, 2.45) is 0 Å². The van der Waals surface area contributed by atoms with E-state index in [9.17, 15) is 13.6 Å². The molecule has 5 heteroatoms. The van der Waals surface area contributed by atoms with Crippen molar-refractivity contribution in [1.29, 1.82) is 0 Å². The third-order valence-corrected chi connectivity index (χ3v) is 2.68. The summed E-state index contributed by atoms with van der Waals surface area (Å²) in [6.45, 7) is 0.370. The first kappa shape index (κ1) is 14.0. The van der Waals surface area contributed by atoms with Gasteiger partial charge in [0.05, 0.1) is 6.54 Å². The third-order valence-electron chi connectivity index (χ3n) is 2.68. The molecule has 0 radical (unpaired) electrons. The molecule has 0 atom stereocenters. The Labute approximate surface area is 115 Å². The van der Waals surface area contributed by atoms with Gasteiger partial charge in [0.15, 0.2) is 0 Å². The molecule has 1 amide bonds. The van der Waals surface area contributed by atoms with E-state index in [-0.39, 0.29) is 24.1 Å². The summed E-state index contributed by atoms with van der Waals surface area (Å²) in [5.74, 6) is -0.895. The number of anilines is 1. The van der Waals surface area contributed by atoms with Crippen LogP contribution in [0.1, 0.15) is 5.56 Å². The average molecular weight is 276 g/mol. The maximum atomic E-state index is 12.9. The molecule has 0 bridgehead atoms. The molecular weight excluding hydrogens is 262 g/mol. The Hall–Kier alpha value is -2.43. The Morgan fingerprint density at radius 3 is 2.45 bits per heavy atom. The average Bonchev–Trinajstić information content (AvgIpc) is 2.45. The SMILES string of the molecule is O=C(CNc1cccc(F)c1)NCc1ccc(F)cc1. The normalized spacial score (nSPS) is 10.1. The van der Waals surface area contributed by atoms with Crippen molar-refractivity contribution >= 4 is 11.6 Å². The molecule has 3 nitrogen and oxygen atoms in total. The summed E-state index contributed by atoms with van der Waals surface area (Å²) in [7, 11) is 0. The number of hydrogen-bond donors (Lipinski definition) is 2. The lowest BCUT2D eigenvalue weighted by Gasteiger charge is -2.08. The molecule has 0 saturated heterocycles. The number of hydrogen-bond acceptors (Lipinski definition) is 2. The minimum Gasteiger partial charge on any atom is -0.376 e. The van der Waals surface area contributed by atoms with Gasteiger partial charge in [0, 0.05) is 12.2 Å². The fourth-order valence-corrected chi connectivity index (χ4v) is 1.65. The quantitative estimate of drug-likeness (QED) is 0.881. The molecular formula is C15H14F2N2O. The van der Waals surface area contributed by atoms with Gasteiger partial charge in [-0.25, -0.2) is 8.78 Å². The van der Waals surface area contributed by atoms with Gasteiger partial charge >= 0.3 is 0 Å². The van der Waals surface area contributed by atoms with Crippen molar-refractivity contribution in [2.75, 3.05) is 11.9 Å². The molecule has 0 fully saturated rings. The van der Waals surface area contributed by atoms with Crippen molar-refractivity contribution in [3.8, 4) is 0 Å². The van der Waals surface area contributed by atoms with Gasteiger partial charge in [0.25, 0.3) is 0 Å². The molecule has 20 heavy (non-hydrogen) atoms. The standard InChI is InChI=1S/C15H14F2N2O/c16-12-6-4-11(5-7-12)9-19-15(20)10-18-14-3-1-2-13(17)8-14/h1-8,18H,9-10H2,(H,19,20). The second kappa shape index (κ2) is 6.65. The van der Waals surface area contributed by atoms with Crippen molar-refractivity contribution in [2.45, 2.75) is 6.54 Å². The Morgan fingerprint density at radius 2 is 1.75 bits per heavy atom. The van der Waals surface area contributed by atoms with Gasteiger partial charge in [0.1, 0.15) is 11.6 Å². The highest BCUT2D eigenvalue weighted by atomic mass is 19.1. The predicted octanol–water partition coefficient (Wildman–Crippen LogP) is 2.69. The molecule has 0 aromatic heterocycles. The van der Waals surface area contributed by atoms with Gasteiger partial charge in [-0.15, -0.1) is 0 Å². The zero-order valence-electron chi connectivity index (χ0n) is 10.7. The van der Waals surface area contributed by atoms with Crippen LogP contribution in [0.25, 0.3) is 0 Å². The summed E-state index contributed by atoms with van der Waals surface area (Å²) in [6.07, 6.45) is 0. The van der Waals surface area contributed by atoms with E-state index in [1.807, 2.05) is 0 Å². The van der Waals surface area contributed by atoms with Crippen LogP contribution in [0.3, 0.4) is 0 Å². The highest BCUT2D eigenvalue weighted by Crippen LogP contribution is 2.08. The van der Waals surface area contributed by atoms with Gasteiger partial charge in [-0.1, -0.05) is 18.2 Å². The molecule has 0 aliphatic heterocycles. The number of halogens is 2. The first-order valence-electron chi connectivity index (χ1n) is 6.14. The van der Waals surface area contributed by atoms with Crippen molar-refractivity contribution in [1.82, 2.24) is 5.32 Å². The molecule has 2 aromatic carbocycles. The van der Waals surface area contributed by atoms with Crippen molar-refractivity contribution in [3.63, 3.8) is 0 Å². The summed E-state index contributed by atoms with van der Waals surface area (Å²) >= 11 is 0. The Balaban J connectivity index is 1.77. The first-order chi connectivity index (χ1) is 9.63. The zero-order valence-corrected chi connectivity index (χ0v) is 10.7. The van der Waals surface area contributed by atoms with E-state index in [4.69, 9.17) is 0 Å². The smallest absolute Gasteiger partial charge is 0.239 e. The highest BCUT2D eigenvalue weighted by molar-refractivity contribution is 5.80. The minimum absolute atomic E-state index is 0.0463. The molecule has 0 aliphatic carbocycles. The lowest BCUT2D eigenvalue weighted by atomic mass is 10.2. The summed E-state index contributed by atoms with van der Waals surface area (Å²) in [5.41, 5.74) is 1.35. The molecule has 0 spiro atoms. The number of carbonyl (C=O) groups is 1. The van der Waals surface area contributed by atoms with Crippen LogP contribution in [-0.4, -0.2) is 12.5 Å². The molecule has 104 valence electrons. The van der Waals surface area contributed by atoms with Crippen LogP contribution in [0.5, 0.6) is 0 Å². The van der Waals surface area contributed by atoms with E-state index in [1.54, 1.807) is 24.3 Å². The molecule has 0 unspecified atom stereocenters. The van der Waals surface area contributed by atoms with Gasteiger partial charge in [-0.05, 0) is 35.9 Å². The zero-order chi connectivity index (χ0) is 14.4. The van der Waals surface area contributed by atoms with Gasteiger partial charge in [-0.3, -0.25) is 4.79 Å². The molecule has 0 heterocycles. The topological polar surface area (TPSA) is 41.1 Å². The van der Waals surface area contributed by atoms with E-state index in [1.165, 1.54) is 24.3 Å². The predicted molar refractivity (Wildman–Crippen MR) is 73.1 cm³/mol. The van der Waals surface area contributed by atoms with Crippen LogP contribution in [0, 0.1) is 11.6 Å². The molecule has 0 saturated carbocycles. The van der Waals surface area contributed by atoms with E-state index < -0.39 is 0 Å². The lowest BCUT2D eigenvalue weighted by molar-refractivity contribution is -0.119. The molecule has 2 rings (SSSR count). The van der Waals surface area contributed by atoms with Crippen LogP contribution in [0.2, 0.25) is 0 Å². The number of benzene rings is 2. The van der Waals surface area contributed by atoms with Crippen molar-refractivity contribution in [3.05, 3.63) is 65.7 Å². The Kier molecular flexibility index (Phi) is 4.65. The monoisotopic (exact) mass is 276 g/mol. The van der Waals surface area contributed by atoms with E-state index in [2.05, 4.69) is 10.6 Å². The number of carbonyl (C=O) groups excluding carboxylic acids is 1. The van der Waals surface area contributed by atoms with Gasteiger partial charge in [-0.2, -0.15) is 0 Å².